The van der Waals surface area contributed by atoms with Gasteiger partial charge in [0.1, 0.15) is 11.8 Å². The number of ether oxygens (including phenoxy) is 3. The molecule has 11 nitrogen and oxygen atoms in total. The van der Waals surface area contributed by atoms with E-state index in [0.717, 1.165) is 40.7 Å². The molecule has 7 rings (SSSR count). The van der Waals surface area contributed by atoms with Crippen LogP contribution in [0.25, 0.3) is 27.9 Å². The molecule has 5 heterocycles. The fourth-order valence-electron chi connectivity index (χ4n) is 6.17. The summed E-state index contributed by atoms with van der Waals surface area (Å²) in [6, 6.07) is 16.2. The van der Waals surface area contributed by atoms with Crippen LogP contribution in [0.5, 0.6) is 0 Å². The highest BCUT2D eigenvalue weighted by Crippen LogP contribution is 2.36. The van der Waals surface area contributed by atoms with Crippen LogP contribution in [0.3, 0.4) is 0 Å². The molecule has 1 aliphatic carbocycles. The number of carbonyl (C=O) groups excluding carboxylic acids is 1. The number of carbonyl (C=O) groups is 1. The summed E-state index contributed by atoms with van der Waals surface area (Å²) in [5, 5.41) is 9.10. The minimum atomic E-state index is -0.226. The van der Waals surface area contributed by atoms with Crippen LogP contribution in [0.2, 0.25) is 0 Å². The number of nitrogens with one attached hydrogen (secondary N) is 1. The molecular formula is C32H35N7O4. The maximum Gasteiger partial charge on any atom is 0.271 e. The molecule has 43 heavy (non-hydrogen) atoms. The van der Waals surface area contributed by atoms with Crippen molar-refractivity contribution in [2.45, 2.75) is 43.7 Å². The maximum absolute atomic E-state index is 13.5. The number of benzene rings is 1. The summed E-state index contributed by atoms with van der Waals surface area (Å²) < 4.78 is 20.8. The molecule has 2 aliphatic rings. The van der Waals surface area contributed by atoms with Gasteiger partial charge in [-0.3, -0.25) is 4.79 Å². The summed E-state index contributed by atoms with van der Waals surface area (Å²) in [7, 11) is 5.42. The van der Waals surface area contributed by atoms with Gasteiger partial charge in [0, 0.05) is 51.2 Å². The van der Waals surface area contributed by atoms with E-state index in [-0.39, 0.29) is 30.2 Å². The largest absolute Gasteiger partial charge is 0.379 e. The number of hydrogen-bond donors (Lipinski definition) is 1. The number of fused-ring (bicyclic) bond motifs is 2. The van der Waals surface area contributed by atoms with Gasteiger partial charge in [0.2, 0.25) is 0 Å². The van der Waals surface area contributed by atoms with Gasteiger partial charge >= 0.3 is 0 Å². The van der Waals surface area contributed by atoms with Crippen molar-refractivity contribution in [1.82, 2.24) is 29.5 Å². The average Bonchev–Trinajstić information content (AvgIpc) is 3.76. The average molecular weight is 582 g/mol. The first-order valence-electron chi connectivity index (χ1n) is 14.6. The van der Waals surface area contributed by atoms with Crippen molar-refractivity contribution < 1.29 is 19.0 Å². The summed E-state index contributed by atoms with van der Waals surface area (Å²) in [6.07, 6.45) is 7.22. The van der Waals surface area contributed by atoms with Crippen LogP contribution in [-0.4, -0.2) is 82.8 Å². The smallest absolute Gasteiger partial charge is 0.271 e. The van der Waals surface area contributed by atoms with E-state index in [4.69, 9.17) is 29.3 Å². The van der Waals surface area contributed by atoms with Crippen molar-refractivity contribution in [2.24, 2.45) is 0 Å². The third-order valence-corrected chi connectivity index (χ3v) is 8.71. The zero-order chi connectivity index (χ0) is 29.5. The first kappa shape index (κ1) is 27.5. The van der Waals surface area contributed by atoms with Crippen LogP contribution in [-0.2, 0) is 20.8 Å². The molecule has 4 aromatic heterocycles. The number of methoxy groups -OCH3 is 2. The Hall–Kier alpha value is -4.32. The summed E-state index contributed by atoms with van der Waals surface area (Å²) in [4.78, 5) is 25.1. The molecule has 1 saturated carbocycles. The van der Waals surface area contributed by atoms with Gasteiger partial charge in [-0.15, -0.1) is 0 Å². The van der Waals surface area contributed by atoms with Gasteiger partial charge in [-0.1, -0.05) is 30.3 Å². The van der Waals surface area contributed by atoms with E-state index < -0.39 is 0 Å². The summed E-state index contributed by atoms with van der Waals surface area (Å²) in [6.45, 7) is 1.72. The van der Waals surface area contributed by atoms with Crippen LogP contribution >= 0.6 is 0 Å². The van der Waals surface area contributed by atoms with Gasteiger partial charge < -0.3 is 29.0 Å². The number of pyridine rings is 1. The topological polar surface area (TPSA) is 108 Å². The fourth-order valence-corrected chi connectivity index (χ4v) is 6.17. The maximum atomic E-state index is 13.5. The van der Waals surface area contributed by atoms with Crippen LogP contribution in [0.1, 0.15) is 34.9 Å². The first-order valence-corrected chi connectivity index (χ1v) is 14.6. The van der Waals surface area contributed by atoms with Crippen molar-refractivity contribution in [3.05, 3.63) is 78.4 Å². The van der Waals surface area contributed by atoms with Crippen molar-refractivity contribution in [3.63, 3.8) is 0 Å². The van der Waals surface area contributed by atoms with E-state index in [9.17, 15) is 4.79 Å². The third kappa shape index (κ3) is 4.93. The Morgan fingerprint density at radius 1 is 1.05 bits per heavy atom. The van der Waals surface area contributed by atoms with Gasteiger partial charge in [0.25, 0.3) is 5.91 Å². The minimum absolute atomic E-state index is 0.0216. The van der Waals surface area contributed by atoms with Gasteiger partial charge in [0.15, 0.2) is 11.3 Å². The van der Waals surface area contributed by atoms with Crippen LogP contribution in [0, 0.1) is 0 Å². The lowest BCUT2D eigenvalue weighted by molar-refractivity contribution is 0.00718. The first-order chi connectivity index (χ1) is 21.1. The molecule has 222 valence electrons. The zero-order valence-corrected chi connectivity index (χ0v) is 24.5. The van der Waals surface area contributed by atoms with E-state index in [1.807, 2.05) is 43.4 Å². The highest BCUT2D eigenvalue weighted by Gasteiger charge is 2.34. The van der Waals surface area contributed by atoms with E-state index in [2.05, 4.69) is 33.1 Å². The van der Waals surface area contributed by atoms with Crippen molar-refractivity contribution >= 4 is 28.3 Å². The molecule has 1 N–H and O–H groups in total. The highest BCUT2D eigenvalue weighted by molar-refractivity contribution is 5.96. The number of rotatable bonds is 9. The molecule has 11 heteroatoms. The van der Waals surface area contributed by atoms with Crippen LogP contribution < -0.4 is 10.2 Å². The summed E-state index contributed by atoms with van der Waals surface area (Å²) in [5.74, 6) is -0.226. The Labute approximate surface area is 249 Å². The number of aromatic nitrogens is 5. The second kappa shape index (κ2) is 11.4. The number of hydrogen-bond acceptors (Lipinski definition) is 8. The lowest BCUT2D eigenvalue weighted by atomic mass is 9.89. The minimum Gasteiger partial charge on any atom is -0.379 e. The van der Waals surface area contributed by atoms with Gasteiger partial charge in [-0.2, -0.15) is 5.10 Å². The van der Waals surface area contributed by atoms with Gasteiger partial charge in [-0.05, 0) is 36.6 Å². The van der Waals surface area contributed by atoms with E-state index in [1.54, 1.807) is 31.1 Å². The molecule has 2 fully saturated rings. The zero-order valence-electron chi connectivity index (χ0n) is 24.5. The molecule has 1 aliphatic heterocycles. The van der Waals surface area contributed by atoms with E-state index in [1.165, 1.54) is 0 Å². The third-order valence-electron chi connectivity index (χ3n) is 8.71. The van der Waals surface area contributed by atoms with E-state index in [0.29, 0.717) is 36.8 Å². The fraction of sp³-hybridized carbons (Fsp3) is 0.375. The monoisotopic (exact) mass is 581 g/mol. The predicted molar refractivity (Wildman–Crippen MR) is 162 cm³/mol. The molecule has 0 bridgehead atoms. The number of nitrogens with zero attached hydrogens (tertiary/aromatic N) is 6. The Balaban J connectivity index is 1.36. The number of anilines is 1. The van der Waals surface area contributed by atoms with Crippen molar-refractivity contribution in [2.75, 3.05) is 39.4 Å². The lowest BCUT2D eigenvalue weighted by Gasteiger charge is -2.35. The van der Waals surface area contributed by atoms with Crippen molar-refractivity contribution in [3.8, 4) is 11.3 Å². The second-order valence-electron chi connectivity index (χ2n) is 11.3. The predicted octanol–water partition coefficient (Wildman–Crippen LogP) is 3.88. The molecular weight excluding hydrogens is 546 g/mol. The Kier molecular flexibility index (Phi) is 7.29. The Morgan fingerprint density at radius 2 is 1.88 bits per heavy atom. The Morgan fingerprint density at radius 3 is 2.65 bits per heavy atom. The molecule has 1 amide bonds. The van der Waals surface area contributed by atoms with Crippen LogP contribution in [0.15, 0.2) is 67.1 Å². The molecule has 0 spiro atoms. The molecule has 5 aromatic rings. The molecule has 0 unspecified atom stereocenters. The number of imidazole rings is 1. The number of amides is 1. The van der Waals surface area contributed by atoms with Crippen molar-refractivity contribution in [1.29, 1.82) is 0 Å². The van der Waals surface area contributed by atoms with Crippen LogP contribution in [0.4, 0.5) is 5.69 Å². The lowest BCUT2D eigenvalue weighted by Crippen LogP contribution is -2.51. The van der Waals surface area contributed by atoms with Gasteiger partial charge in [0.05, 0.1) is 49.0 Å². The molecule has 1 aromatic carbocycles. The SMILES string of the molecule is CO[C@H]1COC[C@@H]1n1cc(-c2cc(N(C)Cc3ccccc3)c3ncc(C(=O)N[C@@H]4CC[C@H]4OC)n3n2)c2cccnc21. The summed E-state index contributed by atoms with van der Waals surface area (Å²) in [5.41, 5.74) is 5.44. The quantitative estimate of drug-likeness (QED) is 0.280. The normalized spacial score (nSPS) is 21.7. The van der Waals surface area contributed by atoms with Gasteiger partial charge in [-0.25, -0.2) is 14.5 Å². The second-order valence-corrected chi connectivity index (χ2v) is 11.3. The highest BCUT2D eigenvalue weighted by atomic mass is 16.5. The molecule has 0 radical (unpaired) electrons. The molecule has 4 atom stereocenters. The Bertz CT molecular complexity index is 1770. The van der Waals surface area contributed by atoms with E-state index >= 15 is 0 Å². The standard InChI is InChI=1S/C32H35N7O4/c1-37(16-20-8-5-4-6-9-20)25-14-24(36-39-26(15-34-31(25)39)32(40)35-23-11-12-28(23)41-2)22-17-38(27-18-43-19-29(27)42-3)30-21(22)10-7-13-33-30/h4-10,13-15,17,23,27-29H,11-12,16,18-19H2,1-3H3,(H,35,40)/t23-,27+,28-,29+/m1/s1. The summed E-state index contributed by atoms with van der Waals surface area (Å²) >= 11 is 0. The molecule has 1 saturated heterocycles.